The predicted octanol–water partition coefficient (Wildman–Crippen LogP) is 0.560. The van der Waals surface area contributed by atoms with Gasteiger partial charge in [-0.25, -0.2) is 4.79 Å². The van der Waals surface area contributed by atoms with Crippen molar-refractivity contribution >= 4 is 17.5 Å². The van der Waals surface area contributed by atoms with E-state index in [1.165, 1.54) is 0 Å². The van der Waals surface area contributed by atoms with E-state index in [2.05, 4.69) is 5.32 Å². The number of aromatic nitrogens is 1. The SMILES string of the molecule is C[C@H]1CN(c2c([N+](=O)[O-])c[n+]([O-])c3c2CCC3)C[C@@H](NC(=O)O)C1(C)O. The average Bonchev–Trinajstić information content (AvgIpc) is 3.01. The van der Waals surface area contributed by atoms with Crippen LogP contribution in [0.25, 0.3) is 0 Å². The van der Waals surface area contributed by atoms with Crippen LogP contribution < -0.4 is 14.9 Å². The van der Waals surface area contributed by atoms with Gasteiger partial charge in [-0.3, -0.25) is 10.1 Å². The standard InChI is InChI=1S/C16H22N4O6/c1-9-6-18(8-13(16(9,2)23)17-15(21)22)14-10-4-3-5-11(10)19(24)7-12(14)20(25)26/h7,9,13,17,23H,3-6,8H2,1-2H3,(H,21,22)/t9-,13+,16?/m0/s1. The molecule has 3 rings (SSSR count). The summed E-state index contributed by atoms with van der Waals surface area (Å²) in [6.45, 7) is 3.73. The van der Waals surface area contributed by atoms with Gasteiger partial charge in [0.25, 0.3) is 6.20 Å². The molecule has 2 heterocycles. The van der Waals surface area contributed by atoms with Gasteiger partial charge in [0.2, 0.25) is 0 Å². The Kier molecular flexibility index (Phi) is 4.39. The number of carboxylic acid groups (broad SMARTS) is 1. The summed E-state index contributed by atoms with van der Waals surface area (Å²) < 4.78 is 0.570. The highest BCUT2D eigenvalue weighted by Crippen LogP contribution is 2.40. The normalized spacial score (nSPS) is 27.9. The van der Waals surface area contributed by atoms with Crippen LogP contribution in [0.5, 0.6) is 0 Å². The Hall–Kier alpha value is -2.62. The first-order valence-corrected chi connectivity index (χ1v) is 8.52. The molecule has 2 aliphatic rings. The topological polar surface area (TPSA) is 143 Å². The number of rotatable bonds is 3. The van der Waals surface area contributed by atoms with Gasteiger partial charge in [0.05, 0.1) is 22.1 Å². The average molecular weight is 366 g/mol. The number of pyridine rings is 1. The van der Waals surface area contributed by atoms with Crippen molar-refractivity contribution in [2.75, 3.05) is 18.0 Å². The van der Waals surface area contributed by atoms with Crippen molar-refractivity contribution in [3.63, 3.8) is 0 Å². The lowest BCUT2D eigenvalue weighted by Crippen LogP contribution is -2.65. The van der Waals surface area contributed by atoms with Gasteiger partial charge >= 0.3 is 11.8 Å². The molecule has 1 aromatic rings. The second-order valence-electron chi connectivity index (χ2n) is 7.26. The van der Waals surface area contributed by atoms with E-state index in [9.17, 15) is 25.2 Å². The third kappa shape index (κ3) is 2.90. The van der Waals surface area contributed by atoms with Gasteiger partial charge in [-0.1, -0.05) is 6.92 Å². The van der Waals surface area contributed by atoms with Gasteiger partial charge in [-0.05, 0) is 19.8 Å². The Bertz CT molecular complexity index is 766. The molecule has 0 saturated carbocycles. The van der Waals surface area contributed by atoms with Crippen LogP contribution in [0.15, 0.2) is 6.20 Å². The molecule has 26 heavy (non-hydrogen) atoms. The number of nitro groups is 1. The van der Waals surface area contributed by atoms with Crippen molar-refractivity contribution in [1.82, 2.24) is 5.32 Å². The molecule has 142 valence electrons. The Morgan fingerprint density at radius 2 is 2.15 bits per heavy atom. The molecular weight excluding hydrogens is 344 g/mol. The Morgan fingerprint density at radius 1 is 1.46 bits per heavy atom. The molecule has 10 nitrogen and oxygen atoms in total. The number of amides is 1. The molecule has 0 bridgehead atoms. The minimum Gasteiger partial charge on any atom is -0.618 e. The molecule has 0 aromatic carbocycles. The van der Waals surface area contributed by atoms with E-state index in [1.807, 2.05) is 0 Å². The van der Waals surface area contributed by atoms with Crippen molar-refractivity contribution in [3.8, 4) is 0 Å². The maximum absolute atomic E-state index is 12.1. The predicted molar refractivity (Wildman–Crippen MR) is 91.0 cm³/mol. The molecule has 3 atom stereocenters. The largest absolute Gasteiger partial charge is 0.618 e. The number of hydrogen-bond donors (Lipinski definition) is 3. The van der Waals surface area contributed by atoms with Crippen LogP contribution in [0.1, 0.15) is 31.5 Å². The summed E-state index contributed by atoms with van der Waals surface area (Å²) in [5.41, 5.74) is -0.0342. The molecule has 1 amide bonds. The van der Waals surface area contributed by atoms with Crippen LogP contribution in [-0.4, -0.2) is 46.0 Å². The minimum absolute atomic E-state index is 0.0831. The molecule has 3 N–H and O–H groups in total. The van der Waals surface area contributed by atoms with E-state index in [4.69, 9.17) is 5.11 Å². The van der Waals surface area contributed by atoms with Gasteiger partial charge in [0, 0.05) is 25.4 Å². The Morgan fingerprint density at radius 3 is 2.77 bits per heavy atom. The molecule has 0 spiro atoms. The lowest BCUT2D eigenvalue weighted by atomic mass is 9.79. The van der Waals surface area contributed by atoms with Crippen molar-refractivity contribution in [2.24, 2.45) is 5.92 Å². The lowest BCUT2D eigenvalue weighted by molar-refractivity contribution is -0.617. The lowest BCUT2D eigenvalue weighted by Gasteiger charge is -2.47. The summed E-state index contributed by atoms with van der Waals surface area (Å²) in [6.07, 6.45) is 1.57. The van der Waals surface area contributed by atoms with Crippen molar-refractivity contribution in [2.45, 2.75) is 44.8 Å². The maximum atomic E-state index is 12.1. The number of carbonyl (C=O) groups is 1. The van der Waals surface area contributed by atoms with Crippen LogP contribution in [0.2, 0.25) is 0 Å². The summed E-state index contributed by atoms with van der Waals surface area (Å²) in [4.78, 5) is 23.8. The number of piperidine rings is 1. The number of anilines is 1. The van der Waals surface area contributed by atoms with Crippen molar-refractivity contribution in [1.29, 1.82) is 0 Å². The maximum Gasteiger partial charge on any atom is 0.405 e. The molecule has 1 aliphatic heterocycles. The quantitative estimate of drug-likeness (QED) is 0.307. The third-order valence-electron chi connectivity index (χ3n) is 5.63. The monoisotopic (exact) mass is 366 g/mol. The first kappa shape index (κ1) is 18.2. The fraction of sp³-hybridized carbons (Fsp3) is 0.625. The summed E-state index contributed by atoms with van der Waals surface area (Å²) in [5.74, 6) is -0.343. The summed E-state index contributed by atoms with van der Waals surface area (Å²) in [7, 11) is 0. The second-order valence-corrected chi connectivity index (χ2v) is 7.26. The minimum atomic E-state index is -1.29. The Balaban J connectivity index is 2.07. The summed E-state index contributed by atoms with van der Waals surface area (Å²) >= 11 is 0. The highest BCUT2D eigenvalue weighted by atomic mass is 16.6. The number of aliphatic hydroxyl groups is 1. The number of nitrogens with one attached hydrogen (secondary N) is 1. The second kappa shape index (κ2) is 6.27. The zero-order valence-electron chi connectivity index (χ0n) is 14.6. The van der Waals surface area contributed by atoms with Crippen LogP contribution >= 0.6 is 0 Å². The van der Waals surface area contributed by atoms with E-state index >= 15 is 0 Å². The summed E-state index contributed by atoms with van der Waals surface area (Å²) in [5, 5.41) is 45.8. The highest BCUT2D eigenvalue weighted by molar-refractivity contribution is 5.69. The van der Waals surface area contributed by atoms with Crippen LogP contribution in [0, 0.1) is 21.2 Å². The molecule has 1 fully saturated rings. The van der Waals surface area contributed by atoms with Crippen LogP contribution in [-0.2, 0) is 12.8 Å². The van der Waals surface area contributed by atoms with Gasteiger partial charge in [-0.15, -0.1) is 0 Å². The molecule has 1 aliphatic carbocycles. The van der Waals surface area contributed by atoms with Gasteiger partial charge in [-0.2, -0.15) is 4.73 Å². The van der Waals surface area contributed by atoms with E-state index in [0.717, 1.165) is 12.6 Å². The Labute approximate surface area is 149 Å². The fourth-order valence-electron chi connectivity index (χ4n) is 3.98. The summed E-state index contributed by atoms with van der Waals surface area (Å²) in [6, 6.07) is -0.819. The highest BCUT2D eigenvalue weighted by Gasteiger charge is 2.46. The van der Waals surface area contributed by atoms with E-state index in [1.54, 1.807) is 18.7 Å². The van der Waals surface area contributed by atoms with E-state index < -0.39 is 22.7 Å². The fourth-order valence-corrected chi connectivity index (χ4v) is 3.98. The number of fused-ring (bicyclic) bond motifs is 1. The molecule has 1 unspecified atom stereocenters. The molecule has 1 saturated heterocycles. The van der Waals surface area contributed by atoms with Crippen LogP contribution in [0.3, 0.4) is 0 Å². The van der Waals surface area contributed by atoms with Crippen LogP contribution in [0.4, 0.5) is 16.2 Å². The zero-order chi connectivity index (χ0) is 19.2. The molecular formula is C16H22N4O6. The molecule has 0 radical (unpaired) electrons. The van der Waals surface area contributed by atoms with Crippen molar-refractivity contribution < 1.29 is 24.7 Å². The first-order valence-electron chi connectivity index (χ1n) is 8.52. The first-order chi connectivity index (χ1) is 12.1. The van der Waals surface area contributed by atoms with Crippen molar-refractivity contribution in [3.05, 3.63) is 32.8 Å². The van der Waals surface area contributed by atoms with E-state index in [-0.39, 0.29) is 18.2 Å². The van der Waals surface area contributed by atoms with Gasteiger partial charge in [0.15, 0.2) is 5.69 Å². The smallest absolute Gasteiger partial charge is 0.405 e. The third-order valence-corrected chi connectivity index (χ3v) is 5.63. The molecule has 1 aromatic heterocycles. The molecule has 10 heteroatoms. The zero-order valence-corrected chi connectivity index (χ0v) is 14.6. The number of hydrogen-bond acceptors (Lipinski definition) is 6. The van der Waals surface area contributed by atoms with Gasteiger partial charge < -0.3 is 25.6 Å². The van der Waals surface area contributed by atoms with Gasteiger partial charge in [0.1, 0.15) is 5.69 Å². The van der Waals surface area contributed by atoms with E-state index in [0.29, 0.717) is 41.1 Å². The number of nitrogens with zero attached hydrogens (tertiary/aromatic N) is 3.